The minimum Gasteiger partial charge on any atom is -0.395 e. The number of H-pyrrole nitrogens is 1. The molecule has 0 fully saturated rings. The van der Waals surface area contributed by atoms with E-state index in [1.807, 2.05) is 19.9 Å². The molecule has 1 aromatic heterocycles. The molecule has 6 nitrogen and oxygen atoms in total. The van der Waals surface area contributed by atoms with Gasteiger partial charge in [0.25, 0.3) is 5.91 Å². The summed E-state index contributed by atoms with van der Waals surface area (Å²) in [4.78, 5) is 12.2. The summed E-state index contributed by atoms with van der Waals surface area (Å²) in [6.45, 7) is 3.90. The van der Waals surface area contributed by atoms with Gasteiger partial charge >= 0.3 is 0 Å². The predicted molar refractivity (Wildman–Crippen MR) is 81.2 cm³/mol. The third-order valence-electron chi connectivity index (χ3n) is 2.97. The summed E-state index contributed by atoms with van der Waals surface area (Å²) >= 11 is 5.84. The Kier molecular flexibility index (Phi) is 4.15. The quantitative estimate of drug-likeness (QED) is 0.810. The molecule has 0 spiro atoms. The summed E-state index contributed by atoms with van der Waals surface area (Å²) in [7, 11) is 0. The van der Waals surface area contributed by atoms with Crippen LogP contribution in [-0.4, -0.2) is 16.1 Å². The van der Waals surface area contributed by atoms with E-state index in [2.05, 4.69) is 15.5 Å². The van der Waals surface area contributed by atoms with Gasteiger partial charge in [0, 0.05) is 5.69 Å². The first kappa shape index (κ1) is 14.9. The van der Waals surface area contributed by atoms with Crippen LogP contribution in [0.25, 0.3) is 0 Å². The number of anilines is 2. The topological polar surface area (TPSA) is 108 Å². The first-order valence-corrected chi connectivity index (χ1v) is 6.66. The molecule has 1 amide bonds. The van der Waals surface area contributed by atoms with Crippen LogP contribution in [0.4, 0.5) is 11.4 Å². The molecule has 7 heteroatoms. The van der Waals surface area contributed by atoms with E-state index in [0.29, 0.717) is 22.1 Å². The van der Waals surface area contributed by atoms with Crippen molar-refractivity contribution in [1.82, 2.24) is 10.2 Å². The third-order valence-corrected chi connectivity index (χ3v) is 3.30. The van der Waals surface area contributed by atoms with Crippen LogP contribution >= 0.6 is 11.6 Å². The van der Waals surface area contributed by atoms with Gasteiger partial charge < -0.3 is 11.1 Å². The first-order valence-electron chi connectivity index (χ1n) is 6.28. The molecule has 0 aliphatic carbocycles. The maximum absolute atomic E-state index is 12.2. The highest BCUT2D eigenvalue weighted by atomic mass is 35.5. The molecule has 1 aromatic carbocycles. The zero-order chi connectivity index (χ0) is 15.6. The monoisotopic (exact) mass is 303 g/mol. The zero-order valence-electron chi connectivity index (χ0n) is 11.6. The van der Waals surface area contributed by atoms with Crippen LogP contribution in [0, 0.1) is 11.3 Å². The summed E-state index contributed by atoms with van der Waals surface area (Å²) in [6.07, 6.45) is 0. The number of nitrogen functional groups attached to an aromatic ring is 1. The number of nitrogens with one attached hydrogen (secondary N) is 2. The fourth-order valence-corrected chi connectivity index (χ4v) is 2.02. The van der Waals surface area contributed by atoms with Crippen molar-refractivity contribution in [3.63, 3.8) is 0 Å². The van der Waals surface area contributed by atoms with Crippen LogP contribution in [0.1, 0.15) is 41.5 Å². The van der Waals surface area contributed by atoms with Gasteiger partial charge in [0.15, 0.2) is 5.69 Å². The normalized spacial score (nSPS) is 10.4. The van der Waals surface area contributed by atoms with Crippen molar-refractivity contribution >= 4 is 28.9 Å². The Balaban J connectivity index is 2.25. The highest BCUT2D eigenvalue weighted by Crippen LogP contribution is 2.24. The van der Waals surface area contributed by atoms with Crippen molar-refractivity contribution in [3.05, 3.63) is 40.2 Å². The van der Waals surface area contributed by atoms with Gasteiger partial charge in [0.05, 0.1) is 22.0 Å². The lowest BCUT2D eigenvalue weighted by atomic mass is 10.1. The van der Waals surface area contributed by atoms with Gasteiger partial charge in [-0.25, -0.2) is 0 Å². The lowest BCUT2D eigenvalue weighted by Gasteiger charge is -2.06. The van der Waals surface area contributed by atoms with Gasteiger partial charge in [-0.1, -0.05) is 25.4 Å². The van der Waals surface area contributed by atoms with Gasteiger partial charge in [-0.3, -0.25) is 9.89 Å². The Morgan fingerprint density at radius 3 is 2.81 bits per heavy atom. The van der Waals surface area contributed by atoms with E-state index in [-0.39, 0.29) is 17.2 Å². The Bertz CT molecular complexity index is 729. The lowest BCUT2D eigenvalue weighted by Crippen LogP contribution is -2.14. The number of hydrogen-bond donors (Lipinski definition) is 3. The van der Waals surface area contributed by atoms with Crippen molar-refractivity contribution in [2.24, 2.45) is 0 Å². The average Bonchev–Trinajstić information content (AvgIpc) is 2.83. The first-order chi connectivity index (χ1) is 9.93. The van der Waals surface area contributed by atoms with Crippen molar-refractivity contribution in [3.8, 4) is 6.07 Å². The summed E-state index contributed by atoms with van der Waals surface area (Å²) in [5.41, 5.74) is 7.83. The highest BCUT2D eigenvalue weighted by molar-refractivity contribution is 6.31. The van der Waals surface area contributed by atoms with Gasteiger partial charge in [0.1, 0.15) is 6.07 Å². The van der Waals surface area contributed by atoms with E-state index < -0.39 is 5.91 Å². The minimum absolute atomic E-state index is 0.132. The van der Waals surface area contributed by atoms with Crippen molar-refractivity contribution < 1.29 is 4.79 Å². The molecule has 108 valence electrons. The molecule has 21 heavy (non-hydrogen) atoms. The number of carbonyl (C=O) groups excluding carboxylic acids is 1. The molecule has 0 aliphatic rings. The van der Waals surface area contributed by atoms with Gasteiger partial charge in [-0.2, -0.15) is 10.4 Å². The standard InChI is InChI=1S/C14H14ClN5O/c1-7(2)12-11(17)13(20-19-12)14(21)18-9-3-4-10(15)8(5-9)6-16/h3-5,7H,17H2,1-2H3,(H,18,21)(H,19,20). The number of amides is 1. The molecule has 0 saturated heterocycles. The number of aromatic amines is 1. The van der Waals surface area contributed by atoms with Crippen LogP contribution in [0.3, 0.4) is 0 Å². The number of nitriles is 1. The summed E-state index contributed by atoms with van der Waals surface area (Å²) in [6, 6.07) is 6.59. The molecule has 2 rings (SSSR count). The molecule has 2 aromatic rings. The number of rotatable bonds is 3. The Morgan fingerprint density at radius 2 is 2.24 bits per heavy atom. The molecular weight excluding hydrogens is 290 g/mol. The van der Waals surface area contributed by atoms with E-state index in [1.165, 1.54) is 6.07 Å². The maximum atomic E-state index is 12.2. The summed E-state index contributed by atoms with van der Waals surface area (Å²) < 4.78 is 0. The van der Waals surface area contributed by atoms with Gasteiger partial charge in [-0.15, -0.1) is 0 Å². The SMILES string of the molecule is CC(C)c1[nH]nc(C(=O)Nc2ccc(Cl)c(C#N)c2)c1N. The van der Waals surface area contributed by atoms with Crippen LogP contribution in [0.15, 0.2) is 18.2 Å². The number of aromatic nitrogens is 2. The molecule has 0 bridgehead atoms. The van der Waals surface area contributed by atoms with Gasteiger partial charge in [0.2, 0.25) is 0 Å². The van der Waals surface area contributed by atoms with Crippen molar-refractivity contribution in [2.75, 3.05) is 11.1 Å². The fourth-order valence-electron chi connectivity index (χ4n) is 1.86. The number of nitrogens with zero attached hydrogens (tertiary/aromatic N) is 2. The second-order valence-electron chi connectivity index (χ2n) is 4.81. The number of carbonyl (C=O) groups is 1. The molecule has 0 radical (unpaired) electrons. The van der Waals surface area contributed by atoms with E-state index in [9.17, 15) is 4.79 Å². The number of hydrogen-bond acceptors (Lipinski definition) is 4. The summed E-state index contributed by atoms with van der Waals surface area (Å²) in [5, 5.41) is 18.6. The van der Waals surface area contributed by atoms with E-state index in [1.54, 1.807) is 12.1 Å². The molecule has 4 N–H and O–H groups in total. The highest BCUT2D eigenvalue weighted by Gasteiger charge is 2.19. The second kappa shape index (κ2) is 5.85. The molecule has 1 heterocycles. The summed E-state index contributed by atoms with van der Waals surface area (Å²) in [5.74, 6) is -0.304. The number of benzene rings is 1. The molecule has 0 unspecified atom stereocenters. The maximum Gasteiger partial charge on any atom is 0.278 e. The van der Waals surface area contributed by atoms with Gasteiger partial charge in [-0.05, 0) is 24.1 Å². The smallest absolute Gasteiger partial charge is 0.278 e. The Labute approximate surface area is 126 Å². The van der Waals surface area contributed by atoms with Crippen LogP contribution in [0.5, 0.6) is 0 Å². The van der Waals surface area contributed by atoms with E-state index in [0.717, 1.165) is 0 Å². The number of nitrogens with two attached hydrogens (primary N) is 1. The fraction of sp³-hybridized carbons (Fsp3) is 0.214. The molecule has 0 aliphatic heterocycles. The van der Waals surface area contributed by atoms with Crippen molar-refractivity contribution in [1.29, 1.82) is 5.26 Å². The number of halogens is 1. The predicted octanol–water partition coefficient (Wildman–Crippen LogP) is 2.89. The Hall–Kier alpha value is -2.52. The van der Waals surface area contributed by atoms with E-state index in [4.69, 9.17) is 22.6 Å². The molecular formula is C14H14ClN5O. The average molecular weight is 304 g/mol. The third kappa shape index (κ3) is 2.98. The van der Waals surface area contributed by atoms with Crippen LogP contribution in [-0.2, 0) is 0 Å². The minimum atomic E-state index is -0.443. The molecule has 0 atom stereocenters. The zero-order valence-corrected chi connectivity index (χ0v) is 12.3. The lowest BCUT2D eigenvalue weighted by molar-refractivity contribution is 0.102. The largest absolute Gasteiger partial charge is 0.395 e. The van der Waals surface area contributed by atoms with Crippen molar-refractivity contribution in [2.45, 2.75) is 19.8 Å². The molecule has 0 saturated carbocycles. The van der Waals surface area contributed by atoms with Crippen LogP contribution < -0.4 is 11.1 Å². The second-order valence-corrected chi connectivity index (χ2v) is 5.22. The van der Waals surface area contributed by atoms with E-state index >= 15 is 0 Å². The Morgan fingerprint density at radius 1 is 1.52 bits per heavy atom. The van der Waals surface area contributed by atoms with Crippen LogP contribution in [0.2, 0.25) is 5.02 Å².